The summed E-state index contributed by atoms with van der Waals surface area (Å²) >= 11 is 7.31. The third kappa shape index (κ3) is 3.59. The summed E-state index contributed by atoms with van der Waals surface area (Å²) in [6.45, 7) is 3.72. The maximum absolute atomic E-state index is 13.3. The van der Waals surface area contributed by atoms with E-state index in [4.69, 9.17) is 20.8 Å². The summed E-state index contributed by atoms with van der Waals surface area (Å²) in [6.07, 6.45) is 4.85. The topological polar surface area (TPSA) is 73.8 Å². The molecule has 4 rings (SSSR count). The monoisotopic (exact) mass is 428 g/mol. The first kappa shape index (κ1) is 19.4. The van der Waals surface area contributed by atoms with Gasteiger partial charge in [-0.2, -0.15) is 0 Å². The van der Waals surface area contributed by atoms with Crippen molar-refractivity contribution in [3.63, 3.8) is 0 Å². The van der Waals surface area contributed by atoms with E-state index < -0.39 is 12.0 Å². The minimum atomic E-state index is -0.644. The lowest BCUT2D eigenvalue weighted by atomic mass is 9.96. The van der Waals surface area contributed by atoms with Crippen LogP contribution in [0, 0.1) is 0 Å². The van der Waals surface area contributed by atoms with Gasteiger partial charge in [0, 0.05) is 10.6 Å². The number of halogens is 1. The summed E-state index contributed by atoms with van der Waals surface area (Å²) < 4.78 is 12.4. The number of ether oxygens (including phenoxy) is 1. The molecule has 3 aromatic rings. The molecule has 1 atom stereocenters. The maximum atomic E-state index is 13.3. The molecule has 0 unspecified atom stereocenters. The van der Waals surface area contributed by atoms with Crippen LogP contribution in [-0.4, -0.2) is 17.1 Å². The highest BCUT2D eigenvalue weighted by Gasteiger charge is 2.33. The molecule has 0 saturated carbocycles. The third-order valence-corrected chi connectivity index (χ3v) is 5.78. The molecule has 2 aromatic heterocycles. The van der Waals surface area contributed by atoms with E-state index >= 15 is 0 Å². The van der Waals surface area contributed by atoms with E-state index in [9.17, 15) is 9.59 Å². The van der Waals surface area contributed by atoms with Gasteiger partial charge in [0.05, 0.1) is 41.0 Å². The summed E-state index contributed by atoms with van der Waals surface area (Å²) in [5, 5.41) is 0.569. The van der Waals surface area contributed by atoms with Gasteiger partial charge in [0.1, 0.15) is 0 Å². The standard InChI is InChI=1S/C21H17ClN2O4S/c1-3-28-20(26)17-12(2)23-21-24(18(17)14-4-6-15(22)7-5-14)19(25)16(29-21)10-13-8-9-27-11-13/h4-11,18H,3H2,1-2H3/t18-/m1/s1. The Hall–Kier alpha value is -2.90. The Labute approximate surface area is 175 Å². The number of hydrogen-bond donors (Lipinski definition) is 0. The van der Waals surface area contributed by atoms with E-state index in [1.165, 1.54) is 11.3 Å². The first-order valence-electron chi connectivity index (χ1n) is 8.97. The molecule has 148 valence electrons. The van der Waals surface area contributed by atoms with E-state index in [-0.39, 0.29) is 12.2 Å². The van der Waals surface area contributed by atoms with Crippen molar-refractivity contribution < 1.29 is 13.9 Å². The number of aromatic nitrogens is 1. The number of furan rings is 1. The van der Waals surface area contributed by atoms with Crippen LogP contribution < -0.4 is 14.9 Å². The number of carbonyl (C=O) groups is 1. The van der Waals surface area contributed by atoms with Gasteiger partial charge in [-0.15, -0.1) is 0 Å². The van der Waals surface area contributed by atoms with Crippen LogP contribution in [0.3, 0.4) is 0 Å². The van der Waals surface area contributed by atoms with Crippen molar-refractivity contribution in [3.8, 4) is 0 Å². The molecular weight excluding hydrogens is 412 g/mol. The van der Waals surface area contributed by atoms with Crippen LogP contribution in [0.5, 0.6) is 0 Å². The summed E-state index contributed by atoms with van der Waals surface area (Å²) in [6, 6.07) is 8.20. The first-order valence-corrected chi connectivity index (χ1v) is 10.2. The molecule has 8 heteroatoms. The molecule has 0 N–H and O–H groups in total. The highest BCUT2D eigenvalue weighted by Crippen LogP contribution is 2.31. The van der Waals surface area contributed by atoms with Crippen LogP contribution in [0.25, 0.3) is 6.08 Å². The number of rotatable bonds is 4. The minimum absolute atomic E-state index is 0.230. The van der Waals surface area contributed by atoms with Crippen molar-refractivity contribution in [2.75, 3.05) is 6.61 Å². The Morgan fingerprint density at radius 1 is 1.34 bits per heavy atom. The number of thiazole rings is 1. The Kier molecular flexibility index (Phi) is 5.25. The van der Waals surface area contributed by atoms with Crippen LogP contribution in [0.1, 0.15) is 31.0 Å². The van der Waals surface area contributed by atoms with E-state index in [0.717, 1.165) is 11.1 Å². The normalized spacial score (nSPS) is 16.5. The molecule has 3 heterocycles. The van der Waals surface area contributed by atoms with E-state index in [1.807, 2.05) is 0 Å². The van der Waals surface area contributed by atoms with Crippen molar-refractivity contribution in [2.24, 2.45) is 4.99 Å². The van der Waals surface area contributed by atoms with Gasteiger partial charge < -0.3 is 9.15 Å². The molecule has 0 radical (unpaired) electrons. The average molecular weight is 429 g/mol. The summed E-state index contributed by atoms with van der Waals surface area (Å²) in [4.78, 5) is 31.1. The largest absolute Gasteiger partial charge is 0.472 e. The molecular formula is C21H17ClN2O4S. The van der Waals surface area contributed by atoms with Crippen LogP contribution in [0.15, 0.2) is 68.3 Å². The SMILES string of the molecule is CCOC(=O)C1=C(C)N=c2sc(=Cc3ccoc3)c(=O)n2[C@@H]1c1ccc(Cl)cc1. The lowest BCUT2D eigenvalue weighted by Crippen LogP contribution is -2.39. The van der Waals surface area contributed by atoms with Crippen molar-refractivity contribution in [2.45, 2.75) is 19.9 Å². The smallest absolute Gasteiger partial charge is 0.338 e. The van der Waals surface area contributed by atoms with E-state index in [2.05, 4.69) is 4.99 Å². The fourth-order valence-corrected chi connectivity index (χ4v) is 4.43. The van der Waals surface area contributed by atoms with Crippen molar-refractivity contribution in [1.82, 2.24) is 4.57 Å². The summed E-state index contributed by atoms with van der Waals surface area (Å²) in [7, 11) is 0. The summed E-state index contributed by atoms with van der Waals surface area (Å²) in [5.74, 6) is -0.488. The molecule has 0 amide bonds. The lowest BCUT2D eigenvalue weighted by molar-refractivity contribution is -0.139. The second kappa shape index (κ2) is 7.85. The maximum Gasteiger partial charge on any atom is 0.338 e. The Bertz CT molecular complexity index is 1270. The predicted octanol–water partition coefficient (Wildman–Crippen LogP) is 3.04. The quantitative estimate of drug-likeness (QED) is 0.599. The molecule has 1 aliphatic heterocycles. The van der Waals surface area contributed by atoms with Gasteiger partial charge in [-0.1, -0.05) is 35.1 Å². The number of nitrogens with zero attached hydrogens (tertiary/aromatic N) is 2. The predicted molar refractivity (Wildman–Crippen MR) is 111 cm³/mol. The van der Waals surface area contributed by atoms with Gasteiger partial charge in [-0.05, 0) is 43.7 Å². The van der Waals surface area contributed by atoms with Crippen molar-refractivity contribution >= 4 is 35.0 Å². The fraction of sp³-hybridized carbons (Fsp3) is 0.190. The Balaban J connectivity index is 1.97. The second-order valence-corrected chi connectivity index (χ2v) is 7.86. The Morgan fingerprint density at radius 2 is 2.10 bits per heavy atom. The van der Waals surface area contributed by atoms with Crippen molar-refractivity contribution in [3.05, 3.63) is 90.0 Å². The molecule has 0 saturated heterocycles. The number of allylic oxidation sites excluding steroid dienone is 1. The molecule has 1 aliphatic rings. The third-order valence-electron chi connectivity index (χ3n) is 4.54. The number of carbonyl (C=O) groups excluding carboxylic acids is 1. The lowest BCUT2D eigenvalue weighted by Gasteiger charge is -2.24. The van der Waals surface area contributed by atoms with E-state index in [1.54, 1.807) is 67.3 Å². The van der Waals surface area contributed by atoms with E-state index in [0.29, 0.717) is 25.6 Å². The number of esters is 1. The number of hydrogen-bond acceptors (Lipinski definition) is 6. The van der Waals surface area contributed by atoms with Gasteiger partial charge in [0.2, 0.25) is 0 Å². The zero-order chi connectivity index (χ0) is 20.5. The van der Waals surface area contributed by atoms with Crippen LogP contribution in [0.2, 0.25) is 5.02 Å². The van der Waals surface area contributed by atoms with Gasteiger partial charge in [0.25, 0.3) is 5.56 Å². The fourth-order valence-electron chi connectivity index (χ4n) is 3.26. The van der Waals surface area contributed by atoms with Crippen LogP contribution in [-0.2, 0) is 9.53 Å². The zero-order valence-corrected chi connectivity index (χ0v) is 17.3. The highest BCUT2D eigenvalue weighted by atomic mass is 35.5. The van der Waals surface area contributed by atoms with Gasteiger partial charge >= 0.3 is 5.97 Å². The molecule has 0 spiro atoms. The number of benzene rings is 1. The van der Waals surface area contributed by atoms with Gasteiger partial charge in [-0.25, -0.2) is 9.79 Å². The molecule has 29 heavy (non-hydrogen) atoms. The van der Waals surface area contributed by atoms with Crippen LogP contribution >= 0.6 is 22.9 Å². The second-order valence-electron chi connectivity index (χ2n) is 6.41. The molecule has 0 bridgehead atoms. The summed E-state index contributed by atoms with van der Waals surface area (Å²) in [5.41, 5.74) is 2.17. The minimum Gasteiger partial charge on any atom is -0.472 e. The number of fused-ring (bicyclic) bond motifs is 1. The molecule has 1 aromatic carbocycles. The first-order chi connectivity index (χ1) is 14.0. The highest BCUT2D eigenvalue weighted by molar-refractivity contribution is 7.07. The molecule has 0 aliphatic carbocycles. The van der Waals surface area contributed by atoms with Gasteiger partial charge in [-0.3, -0.25) is 9.36 Å². The van der Waals surface area contributed by atoms with Crippen LogP contribution in [0.4, 0.5) is 0 Å². The molecule has 0 fully saturated rings. The van der Waals surface area contributed by atoms with Gasteiger partial charge in [0.15, 0.2) is 4.80 Å². The Morgan fingerprint density at radius 3 is 2.76 bits per heavy atom. The van der Waals surface area contributed by atoms with Crippen molar-refractivity contribution in [1.29, 1.82) is 0 Å². The average Bonchev–Trinajstić information content (AvgIpc) is 3.30. The zero-order valence-electron chi connectivity index (χ0n) is 15.7. The molecule has 6 nitrogen and oxygen atoms in total.